The second-order valence-corrected chi connectivity index (χ2v) is 12.9. The Hall–Kier alpha value is -0.0400. The van der Waals surface area contributed by atoms with Crippen LogP contribution in [-0.4, -0.2) is 63.4 Å². The molecule has 0 heterocycles. The Morgan fingerprint density at radius 2 is 1.41 bits per heavy atom. The summed E-state index contributed by atoms with van der Waals surface area (Å²) in [5, 5.41) is 7.22. The molecule has 0 bridgehead atoms. The number of allylic oxidation sites excluding steroid dienone is 1. The van der Waals surface area contributed by atoms with E-state index in [1.165, 1.54) is 5.57 Å². The van der Waals surface area contributed by atoms with Crippen molar-refractivity contribution in [1.82, 2.24) is 10.6 Å². The van der Waals surface area contributed by atoms with Crippen molar-refractivity contribution in [2.75, 3.05) is 51.8 Å². The largest absolute Gasteiger partial charge is 0.331 e. The van der Waals surface area contributed by atoms with Crippen molar-refractivity contribution in [2.24, 2.45) is 5.92 Å². The Morgan fingerprint density at radius 1 is 0.938 bits per heavy atom. The normalized spacial score (nSPS) is 24.6. The van der Waals surface area contributed by atoms with Crippen molar-refractivity contribution in [2.45, 2.75) is 72.4 Å². The van der Waals surface area contributed by atoms with Gasteiger partial charge >= 0.3 is 15.2 Å². The first-order chi connectivity index (χ1) is 15.1. The first-order valence-electron chi connectivity index (χ1n) is 12.0. The molecule has 0 saturated heterocycles. The van der Waals surface area contributed by atoms with E-state index < -0.39 is 15.2 Å². The van der Waals surface area contributed by atoms with E-state index in [1.807, 2.05) is 27.7 Å². The summed E-state index contributed by atoms with van der Waals surface area (Å²) >= 11 is 0. The second-order valence-electron chi connectivity index (χ2n) is 8.51. The molecule has 1 saturated carbocycles. The average Bonchev–Trinajstić information content (AvgIpc) is 2.70. The van der Waals surface area contributed by atoms with E-state index in [9.17, 15) is 9.13 Å². The van der Waals surface area contributed by atoms with Gasteiger partial charge in [0, 0.05) is 24.7 Å². The predicted octanol–water partition coefficient (Wildman–Crippen LogP) is 5.20. The van der Waals surface area contributed by atoms with Crippen LogP contribution in [0.3, 0.4) is 0 Å². The summed E-state index contributed by atoms with van der Waals surface area (Å²) in [7, 11) is -6.18. The van der Waals surface area contributed by atoms with Crippen LogP contribution in [0.1, 0.15) is 60.8 Å². The summed E-state index contributed by atoms with van der Waals surface area (Å²) in [5.41, 5.74) is 0.974. The third kappa shape index (κ3) is 9.68. The zero-order valence-electron chi connectivity index (χ0n) is 21.0. The predicted molar refractivity (Wildman–Crippen MR) is 132 cm³/mol. The van der Waals surface area contributed by atoms with Crippen molar-refractivity contribution in [1.29, 1.82) is 0 Å². The Labute approximate surface area is 195 Å². The monoisotopic (exact) mass is 496 g/mol. The lowest BCUT2D eigenvalue weighted by Crippen LogP contribution is -2.61. The van der Waals surface area contributed by atoms with E-state index in [-0.39, 0.29) is 11.6 Å². The molecule has 0 spiro atoms. The van der Waals surface area contributed by atoms with Crippen LogP contribution in [0, 0.1) is 5.92 Å². The molecule has 190 valence electrons. The fraction of sp³-hybridized carbons (Fsp3) is 0.909. The SMILES string of the molecule is C=C(C)[C@H]1CC[C@@](C)(NCCP(=O)(OCC)OCC)[C@H](NCCP(=O)(OCC)OCC)C1. The van der Waals surface area contributed by atoms with Gasteiger partial charge in [-0.3, -0.25) is 9.13 Å². The van der Waals surface area contributed by atoms with Gasteiger partial charge in [-0.15, -0.1) is 0 Å². The maximum Gasteiger partial charge on any atom is 0.331 e. The average molecular weight is 497 g/mol. The van der Waals surface area contributed by atoms with E-state index in [0.29, 0.717) is 57.8 Å². The van der Waals surface area contributed by atoms with E-state index >= 15 is 0 Å². The van der Waals surface area contributed by atoms with E-state index in [4.69, 9.17) is 18.1 Å². The van der Waals surface area contributed by atoms with Crippen LogP contribution in [0.25, 0.3) is 0 Å². The minimum Gasteiger partial charge on any atom is -0.311 e. The topological polar surface area (TPSA) is 95.1 Å². The lowest BCUT2D eigenvalue weighted by molar-refractivity contribution is 0.159. The molecule has 0 aromatic heterocycles. The van der Waals surface area contributed by atoms with E-state index in [0.717, 1.165) is 19.3 Å². The summed E-state index contributed by atoms with van der Waals surface area (Å²) in [6.07, 6.45) is 3.57. The summed E-state index contributed by atoms with van der Waals surface area (Å²) in [6, 6.07) is 0.133. The van der Waals surface area contributed by atoms with Gasteiger partial charge in [0.1, 0.15) is 0 Å². The second kappa shape index (κ2) is 14.4. The molecule has 1 aliphatic carbocycles. The third-order valence-corrected chi connectivity index (χ3v) is 10.1. The summed E-state index contributed by atoms with van der Waals surface area (Å²) in [5.74, 6) is 0.436. The van der Waals surface area contributed by atoms with Crippen molar-refractivity contribution in [3.63, 3.8) is 0 Å². The molecule has 8 nitrogen and oxygen atoms in total. The van der Waals surface area contributed by atoms with Crippen molar-refractivity contribution in [3.05, 3.63) is 12.2 Å². The number of rotatable bonds is 17. The Kier molecular flexibility index (Phi) is 13.5. The molecule has 0 aromatic carbocycles. The third-order valence-electron chi connectivity index (χ3n) is 5.99. The zero-order chi connectivity index (χ0) is 24.3. The summed E-state index contributed by atoms with van der Waals surface area (Å²) in [6.45, 7) is 18.2. The van der Waals surface area contributed by atoms with Crippen LogP contribution < -0.4 is 10.6 Å². The molecule has 1 rings (SSSR count). The van der Waals surface area contributed by atoms with Crippen LogP contribution in [0.4, 0.5) is 0 Å². The van der Waals surface area contributed by atoms with Crippen LogP contribution in [0.2, 0.25) is 0 Å². The molecule has 0 unspecified atom stereocenters. The molecule has 10 heteroatoms. The molecule has 32 heavy (non-hydrogen) atoms. The lowest BCUT2D eigenvalue weighted by Gasteiger charge is -2.46. The minimum absolute atomic E-state index is 0.133. The van der Waals surface area contributed by atoms with Crippen molar-refractivity contribution >= 4 is 15.2 Å². The van der Waals surface area contributed by atoms with Gasteiger partial charge in [0.15, 0.2) is 0 Å². The first-order valence-corrected chi connectivity index (χ1v) is 15.4. The van der Waals surface area contributed by atoms with Crippen LogP contribution in [0.5, 0.6) is 0 Å². The fourth-order valence-corrected chi connectivity index (χ4v) is 7.28. The van der Waals surface area contributed by atoms with Crippen molar-refractivity contribution in [3.8, 4) is 0 Å². The van der Waals surface area contributed by atoms with Gasteiger partial charge in [-0.2, -0.15) is 0 Å². The Balaban J connectivity index is 2.81. The number of hydrogen-bond donors (Lipinski definition) is 2. The molecule has 3 atom stereocenters. The van der Waals surface area contributed by atoms with Gasteiger partial charge < -0.3 is 28.7 Å². The smallest absolute Gasteiger partial charge is 0.311 e. The molecule has 0 amide bonds. The van der Waals surface area contributed by atoms with Gasteiger partial charge in [0.05, 0.1) is 38.8 Å². The molecule has 1 fully saturated rings. The summed E-state index contributed by atoms with van der Waals surface area (Å²) in [4.78, 5) is 0. The van der Waals surface area contributed by atoms with Gasteiger partial charge in [-0.1, -0.05) is 12.2 Å². The maximum atomic E-state index is 12.8. The highest BCUT2D eigenvalue weighted by Crippen LogP contribution is 2.48. The van der Waals surface area contributed by atoms with Crippen LogP contribution in [0.15, 0.2) is 12.2 Å². The zero-order valence-corrected chi connectivity index (χ0v) is 22.8. The lowest BCUT2D eigenvalue weighted by atomic mass is 9.72. The highest BCUT2D eigenvalue weighted by Gasteiger charge is 2.40. The standard InChI is InChI=1S/C22H46N2O6P2/c1-8-27-31(25,28-9-2)16-14-23-21-18-20(19(5)6)12-13-22(21,7)24-15-17-32(26,29-10-3)30-11-4/h20-21,23-24H,5,8-18H2,1-4,6-7H3/t20-,21+,22+/m0/s1. The highest BCUT2D eigenvalue weighted by molar-refractivity contribution is 7.54. The molecule has 2 N–H and O–H groups in total. The molecule has 0 radical (unpaired) electrons. The molecule has 1 aliphatic rings. The van der Waals surface area contributed by atoms with Gasteiger partial charge in [-0.05, 0) is 66.7 Å². The van der Waals surface area contributed by atoms with Gasteiger partial charge in [-0.25, -0.2) is 0 Å². The summed E-state index contributed by atoms with van der Waals surface area (Å²) < 4.78 is 47.3. The fourth-order valence-electron chi connectivity index (χ4n) is 4.25. The molecule has 0 aliphatic heterocycles. The van der Waals surface area contributed by atoms with Gasteiger partial charge in [0.2, 0.25) is 0 Å². The Bertz CT molecular complexity index is 642. The van der Waals surface area contributed by atoms with Crippen molar-refractivity contribution < 1.29 is 27.2 Å². The molecule has 0 aromatic rings. The molecular formula is C22H46N2O6P2. The quantitative estimate of drug-likeness (QED) is 0.210. The van der Waals surface area contributed by atoms with Crippen LogP contribution >= 0.6 is 15.2 Å². The molecular weight excluding hydrogens is 450 g/mol. The number of hydrogen-bond acceptors (Lipinski definition) is 8. The van der Waals surface area contributed by atoms with Crippen LogP contribution in [-0.2, 0) is 27.2 Å². The minimum atomic E-state index is -3.09. The first kappa shape index (κ1) is 30.0. The highest BCUT2D eigenvalue weighted by atomic mass is 31.2. The maximum absolute atomic E-state index is 12.8. The Morgan fingerprint density at radius 3 is 1.84 bits per heavy atom. The van der Waals surface area contributed by atoms with Gasteiger partial charge in [0.25, 0.3) is 0 Å². The number of nitrogens with one attached hydrogen (secondary N) is 2. The van der Waals surface area contributed by atoms with E-state index in [2.05, 4.69) is 31.1 Å². The van der Waals surface area contributed by atoms with E-state index in [1.54, 1.807) is 0 Å².